The van der Waals surface area contributed by atoms with Gasteiger partial charge >= 0.3 is 0 Å². The van der Waals surface area contributed by atoms with Crippen LogP contribution in [0.4, 0.5) is 0 Å². The molecule has 0 saturated carbocycles. The SMILES string of the molecule is C/C=C/C(C)(C)c1cccc(OC)c1.C=C(C)C1CCC(C)=CC1c1ccc(C(C)(C)CCC)cc1O.C=C(C)C1CCC(CO)=CC1c1ccc(C(C)(C)CCC)cc1O.CCCC(C)(C)c1cccc(O)c1.CCCC(C)(C)c1cccc(OC)c1.CC[P+](c1ccccc1)(c1ccccc1)c1ccccc1.COc1cccc(C(C)(C)C=O)c1.[Br-]. The summed E-state index contributed by atoms with van der Waals surface area (Å²) in [4.78, 5) is 10.8. The van der Waals surface area contributed by atoms with E-state index in [0.717, 1.165) is 115 Å². The fraction of sp³-hybridized carbons (Fsp3) is 0.425. The molecular formula is C113H154BrO8P. The first kappa shape index (κ1) is 106. The monoisotopic (exact) mass is 1750 g/mol. The molecule has 0 amide bonds. The van der Waals surface area contributed by atoms with Gasteiger partial charge in [0, 0.05) is 33.8 Å². The minimum Gasteiger partial charge on any atom is -1.00 e. The molecule has 10 heteroatoms. The molecule has 4 atom stereocenters. The number of aromatic hydroxyl groups is 3. The molecule has 2 aliphatic carbocycles. The van der Waals surface area contributed by atoms with Crippen molar-refractivity contribution in [3.63, 3.8) is 0 Å². The van der Waals surface area contributed by atoms with E-state index in [1.807, 2.05) is 87.5 Å². The molecule has 0 radical (unpaired) electrons. The van der Waals surface area contributed by atoms with E-state index in [1.54, 1.807) is 27.4 Å². The number of methoxy groups -OCH3 is 3. The smallest absolute Gasteiger partial charge is 0.129 e. The topological polar surface area (TPSA) is 126 Å². The van der Waals surface area contributed by atoms with Crippen LogP contribution in [0.1, 0.15) is 279 Å². The van der Waals surface area contributed by atoms with Crippen LogP contribution >= 0.6 is 7.26 Å². The van der Waals surface area contributed by atoms with E-state index in [2.05, 4.69) is 314 Å². The number of carbonyl (C=O) groups is 1. The van der Waals surface area contributed by atoms with Gasteiger partial charge in [0.2, 0.25) is 0 Å². The van der Waals surface area contributed by atoms with Crippen LogP contribution in [-0.2, 0) is 37.3 Å². The molecule has 0 aromatic heterocycles. The number of aliphatic hydroxyl groups excluding tert-OH is 1. The van der Waals surface area contributed by atoms with Crippen molar-refractivity contribution in [2.24, 2.45) is 11.8 Å². The van der Waals surface area contributed by atoms with Gasteiger partial charge in [0.05, 0.1) is 34.1 Å². The molecule has 0 fully saturated rings. The summed E-state index contributed by atoms with van der Waals surface area (Å²) in [5.41, 5.74) is 14.3. The Kier molecular flexibility index (Phi) is 44.0. The first-order valence-corrected chi connectivity index (χ1v) is 46.6. The molecule has 0 saturated heterocycles. The lowest BCUT2D eigenvalue weighted by Gasteiger charge is -2.32. The molecule has 11 rings (SSSR count). The van der Waals surface area contributed by atoms with Gasteiger partial charge in [0.25, 0.3) is 0 Å². The summed E-state index contributed by atoms with van der Waals surface area (Å²) in [6.45, 7) is 54.1. The Hall–Kier alpha value is -8.98. The maximum absolute atomic E-state index is 10.8. The minimum atomic E-state index is -1.53. The number of hydrogen-bond donors (Lipinski definition) is 4. The highest BCUT2D eigenvalue weighted by atomic mass is 79.9. The number of rotatable bonds is 28. The summed E-state index contributed by atoms with van der Waals surface area (Å²) in [6.07, 6.45) is 24.2. The molecule has 0 heterocycles. The summed E-state index contributed by atoms with van der Waals surface area (Å²) >= 11 is 0. The molecular weight excluding hydrogens is 1600 g/mol. The normalized spacial score (nSPS) is 15.3. The largest absolute Gasteiger partial charge is 1.00 e. The van der Waals surface area contributed by atoms with Gasteiger partial charge in [-0.25, -0.2) is 0 Å². The van der Waals surface area contributed by atoms with E-state index < -0.39 is 12.7 Å². The lowest BCUT2D eigenvalue weighted by Crippen LogP contribution is -3.00. The predicted octanol–water partition coefficient (Wildman–Crippen LogP) is 25.9. The van der Waals surface area contributed by atoms with E-state index in [4.69, 9.17) is 14.2 Å². The number of allylic oxidation sites excluding steroid dienone is 7. The zero-order valence-electron chi connectivity index (χ0n) is 79.6. The molecule has 4 N–H and O–H groups in total. The highest BCUT2D eigenvalue weighted by Gasteiger charge is 2.43. The van der Waals surface area contributed by atoms with Crippen molar-refractivity contribution < 1.29 is 56.4 Å². The summed E-state index contributed by atoms with van der Waals surface area (Å²) in [5, 5.41) is 44.7. The Balaban J connectivity index is 0.000000305. The Bertz CT molecular complexity index is 4660. The van der Waals surface area contributed by atoms with Gasteiger partial charge in [0.15, 0.2) is 0 Å². The highest BCUT2D eigenvalue weighted by molar-refractivity contribution is 7.95. The quantitative estimate of drug-likeness (QED) is 0.0217. The maximum Gasteiger partial charge on any atom is 0.129 e. The Labute approximate surface area is 756 Å². The number of halogens is 1. The first-order valence-electron chi connectivity index (χ1n) is 44.6. The number of aldehydes is 1. The van der Waals surface area contributed by atoms with Crippen LogP contribution in [0, 0.1) is 11.8 Å². The molecule has 0 aliphatic heterocycles. The van der Waals surface area contributed by atoms with E-state index in [-0.39, 0.29) is 62.5 Å². The third-order valence-electron chi connectivity index (χ3n) is 24.7. The van der Waals surface area contributed by atoms with Crippen LogP contribution in [0.15, 0.2) is 284 Å². The zero-order valence-corrected chi connectivity index (χ0v) is 82.1. The number of ether oxygens (including phenoxy) is 3. The molecule has 8 nitrogen and oxygen atoms in total. The second-order valence-electron chi connectivity index (χ2n) is 37.1. The zero-order chi connectivity index (χ0) is 90.7. The third kappa shape index (κ3) is 31.3. The number of phenols is 3. The lowest BCUT2D eigenvalue weighted by molar-refractivity contribution is -0.111. The van der Waals surface area contributed by atoms with Gasteiger partial charge in [-0.15, -0.1) is 0 Å². The van der Waals surface area contributed by atoms with Gasteiger partial charge in [-0.2, -0.15) is 0 Å². The van der Waals surface area contributed by atoms with Crippen molar-refractivity contribution in [1.29, 1.82) is 0 Å². The molecule has 0 bridgehead atoms. The Morgan fingerprint density at radius 1 is 0.431 bits per heavy atom. The van der Waals surface area contributed by atoms with E-state index in [1.165, 1.54) is 74.1 Å². The number of carbonyl (C=O) groups excluding carboxylic acids is 1. The summed E-state index contributed by atoms with van der Waals surface area (Å²) in [5.74, 6) is 4.92. The molecule has 2 aliphatic rings. The van der Waals surface area contributed by atoms with Crippen LogP contribution < -0.4 is 47.1 Å². The summed E-state index contributed by atoms with van der Waals surface area (Å²) < 4.78 is 15.5. The molecule has 123 heavy (non-hydrogen) atoms. The van der Waals surface area contributed by atoms with E-state index in [9.17, 15) is 25.2 Å². The van der Waals surface area contributed by atoms with Gasteiger partial charge in [-0.1, -0.05) is 304 Å². The molecule has 0 spiro atoms. The number of hydrogen-bond acceptors (Lipinski definition) is 8. The summed E-state index contributed by atoms with van der Waals surface area (Å²) in [7, 11) is 3.49. The van der Waals surface area contributed by atoms with Gasteiger partial charge in [0.1, 0.15) is 64.0 Å². The molecule has 666 valence electrons. The van der Waals surface area contributed by atoms with Gasteiger partial charge in [-0.3, -0.25) is 0 Å². The number of phenolic OH excluding ortho intramolecular Hbond substituents is 3. The second-order valence-corrected chi connectivity index (χ2v) is 40.9. The van der Waals surface area contributed by atoms with Crippen molar-refractivity contribution in [1.82, 2.24) is 0 Å². The van der Waals surface area contributed by atoms with Crippen LogP contribution in [0.2, 0.25) is 0 Å². The highest BCUT2D eigenvalue weighted by Crippen LogP contribution is 2.55. The van der Waals surface area contributed by atoms with Crippen LogP contribution in [0.25, 0.3) is 0 Å². The van der Waals surface area contributed by atoms with Crippen molar-refractivity contribution in [3.05, 3.63) is 329 Å². The second kappa shape index (κ2) is 50.8. The number of aliphatic hydroxyl groups is 1. The molecule has 4 unspecified atom stereocenters. The molecule has 9 aromatic rings. The van der Waals surface area contributed by atoms with Crippen molar-refractivity contribution in [3.8, 4) is 34.5 Å². The van der Waals surface area contributed by atoms with E-state index in [0.29, 0.717) is 29.1 Å². The van der Waals surface area contributed by atoms with Crippen molar-refractivity contribution >= 4 is 29.5 Å². The fourth-order valence-electron chi connectivity index (χ4n) is 17.1. The van der Waals surface area contributed by atoms with Gasteiger partial charge in [-0.05, 0) is 269 Å². The standard InChI is InChI=1S/C22H32O2.C22H32O.C20H20P.C13H20O.C13H18O.C12H18O.C11H14O2.BrH/c1-6-11-22(4,5)17-8-10-19(21(24)13-17)20-12-16(14-23)7-9-18(20)15(2)3;1-7-12-22(5,6)17-9-11-19(21(23)14-17)20-13-16(4)8-10-18(20)15(2)3;1-2-21(18-12-6-3-7-13-18,19-14-8-4-9-15-19)20-16-10-5-11-17-20;2*1-5-9-13(2,3)11-7-6-8-12(10-11)14-4;1-4-8-12(2,3)10-6-5-7-11(13)9-10;1-11(2,8-12)9-5-4-6-10(7-9)13-3;/h8,10,12-13,18,20,23-24H,2,6-7,9,11,14H2,1,3-5H3;9,11,13-14,18,20,23H,2,7-8,10,12H2,1,3-6H3;3-17H,2H2,1H3;6-8,10H,5,9H2,1-4H3;5-10H,1-4H3;5-7,9,13H,4,8H2,1-3H3;4-8H,1-3H3;1H/q;;+1;;;;;/p-1/b;;;;9-5+;;;. The molecule has 9 aromatic carbocycles. The minimum absolute atomic E-state index is 0. The van der Waals surface area contributed by atoms with Gasteiger partial charge < -0.3 is 56.4 Å². The summed E-state index contributed by atoms with van der Waals surface area (Å²) in [6, 6.07) is 77.2. The third-order valence-corrected chi connectivity index (χ3v) is 29.2. The van der Waals surface area contributed by atoms with Crippen molar-refractivity contribution in [2.75, 3.05) is 34.1 Å². The van der Waals surface area contributed by atoms with Crippen LogP contribution in [0.5, 0.6) is 34.5 Å². The van der Waals surface area contributed by atoms with E-state index >= 15 is 0 Å². The average Bonchev–Trinajstić information content (AvgIpc) is 0.761. The predicted molar refractivity (Wildman–Crippen MR) is 527 cm³/mol. The number of benzene rings is 9. The van der Waals surface area contributed by atoms with Crippen LogP contribution in [0.3, 0.4) is 0 Å². The van der Waals surface area contributed by atoms with Crippen LogP contribution in [-0.4, -0.2) is 60.8 Å². The lowest BCUT2D eigenvalue weighted by atomic mass is 9.73. The Morgan fingerprint density at radius 3 is 1.09 bits per heavy atom. The fourth-order valence-corrected chi connectivity index (χ4v) is 21.1. The average molecular weight is 1750 g/mol. The maximum atomic E-state index is 10.8. The van der Waals surface area contributed by atoms with Crippen molar-refractivity contribution in [2.45, 2.75) is 267 Å². The first-order chi connectivity index (χ1) is 57.8. The Morgan fingerprint density at radius 2 is 0.764 bits per heavy atom.